The van der Waals surface area contributed by atoms with Crippen LogP contribution in [-0.4, -0.2) is 45.6 Å². The molecule has 0 unspecified atom stereocenters. The molecule has 0 atom stereocenters. The lowest BCUT2D eigenvalue weighted by atomic mass is 10.2. The Morgan fingerprint density at radius 3 is 2.06 bits per heavy atom. The number of hydrogen-bond donors (Lipinski definition) is 1. The fraction of sp³-hybridized carbons (Fsp3) is 0.417. The van der Waals surface area contributed by atoms with E-state index in [1.165, 1.54) is 26.4 Å². The Morgan fingerprint density at radius 2 is 1.67 bits per heavy atom. The second kappa shape index (κ2) is 6.70. The largest absolute Gasteiger partial charge is 0.493 e. The third kappa shape index (κ3) is 3.27. The maximum Gasteiger partial charge on any atom is 0.335 e. The molecular weight excluding hydrogens is 240 g/mol. The molecule has 1 N–H and O–H groups in total. The zero-order chi connectivity index (χ0) is 13.5. The predicted octanol–water partition coefficient (Wildman–Crippen LogP) is 1.43. The van der Waals surface area contributed by atoms with Gasteiger partial charge in [-0.2, -0.15) is 0 Å². The minimum Gasteiger partial charge on any atom is -0.493 e. The molecule has 0 spiro atoms. The second-order valence-corrected chi connectivity index (χ2v) is 3.36. The first-order chi connectivity index (χ1) is 8.63. The van der Waals surface area contributed by atoms with Gasteiger partial charge in [0.05, 0.1) is 26.4 Å². The van der Waals surface area contributed by atoms with Crippen LogP contribution in [0.1, 0.15) is 10.4 Å². The lowest BCUT2D eigenvalue weighted by molar-refractivity contribution is 0.0695. The summed E-state index contributed by atoms with van der Waals surface area (Å²) in [6.07, 6.45) is 0. The van der Waals surface area contributed by atoms with Gasteiger partial charge in [0.1, 0.15) is 6.61 Å². The monoisotopic (exact) mass is 256 g/mol. The molecule has 6 nitrogen and oxygen atoms in total. The molecule has 0 bridgehead atoms. The van der Waals surface area contributed by atoms with Crippen LogP contribution in [0, 0.1) is 0 Å². The summed E-state index contributed by atoms with van der Waals surface area (Å²) in [5, 5.41) is 8.96. The van der Waals surface area contributed by atoms with Gasteiger partial charge in [-0.25, -0.2) is 4.79 Å². The summed E-state index contributed by atoms with van der Waals surface area (Å²) in [6.45, 7) is 0.725. The molecule has 0 radical (unpaired) electrons. The predicted molar refractivity (Wildman–Crippen MR) is 63.9 cm³/mol. The molecule has 0 saturated heterocycles. The first kappa shape index (κ1) is 14.1. The lowest BCUT2D eigenvalue weighted by Gasteiger charge is -2.14. The number of carboxylic acid groups (broad SMARTS) is 1. The highest BCUT2D eigenvalue weighted by Gasteiger charge is 2.17. The van der Waals surface area contributed by atoms with Crippen LogP contribution in [0.5, 0.6) is 17.2 Å². The van der Waals surface area contributed by atoms with E-state index >= 15 is 0 Å². The Bertz CT molecular complexity index is 390. The van der Waals surface area contributed by atoms with Gasteiger partial charge in [-0.15, -0.1) is 0 Å². The van der Waals surface area contributed by atoms with Crippen molar-refractivity contribution in [3.05, 3.63) is 17.7 Å². The third-order valence-corrected chi connectivity index (χ3v) is 2.24. The molecule has 6 heteroatoms. The smallest absolute Gasteiger partial charge is 0.335 e. The fourth-order valence-corrected chi connectivity index (χ4v) is 1.37. The van der Waals surface area contributed by atoms with Crippen molar-refractivity contribution in [2.45, 2.75) is 0 Å². The van der Waals surface area contributed by atoms with E-state index in [9.17, 15) is 4.79 Å². The van der Waals surface area contributed by atoms with Crippen molar-refractivity contribution >= 4 is 5.97 Å². The number of benzene rings is 1. The maximum absolute atomic E-state index is 10.9. The van der Waals surface area contributed by atoms with Gasteiger partial charge in [0.25, 0.3) is 0 Å². The van der Waals surface area contributed by atoms with Gasteiger partial charge >= 0.3 is 5.97 Å². The van der Waals surface area contributed by atoms with Crippen LogP contribution in [0.4, 0.5) is 0 Å². The first-order valence-corrected chi connectivity index (χ1v) is 5.25. The Hall–Kier alpha value is -1.95. The van der Waals surface area contributed by atoms with E-state index in [0.717, 1.165) is 0 Å². The average molecular weight is 256 g/mol. The van der Waals surface area contributed by atoms with E-state index in [-0.39, 0.29) is 5.56 Å². The zero-order valence-corrected chi connectivity index (χ0v) is 10.6. The summed E-state index contributed by atoms with van der Waals surface area (Å²) in [7, 11) is 4.43. The molecule has 1 aromatic carbocycles. The lowest BCUT2D eigenvalue weighted by Crippen LogP contribution is -2.07. The number of rotatable bonds is 7. The Kier molecular flexibility index (Phi) is 5.26. The number of hydrogen-bond acceptors (Lipinski definition) is 5. The van der Waals surface area contributed by atoms with E-state index in [1.807, 2.05) is 0 Å². The Morgan fingerprint density at radius 1 is 1.11 bits per heavy atom. The molecule has 1 aromatic rings. The van der Waals surface area contributed by atoms with Crippen molar-refractivity contribution in [1.82, 2.24) is 0 Å². The van der Waals surface area contributed by atoms with Gasteiger partial charge in [-0.3, -0.25) is 0 Å². The summed E-state index contributed by atoms with van der Waals surface area (Å²) in [5.41, 5.74) is 0.0720. The van der Waals surface area contributed by atoms with Crippen LogP contribution in [0.15, 0.2) is 12.1 Å². The molecule has 100 valence electrons. The fourth-order valence-electron chi connectivity index (χ4n) is 1.37. The summed E-state index contributed by atoms with van der Waals surface area (Å²) in [4.78, 5) is 10.9. The Labute approximate surface area is 105 Å². The van der Waals surface area contributed by atoms with Crippen LogP contribution >= 0.6 is 0 Å². The molecule has 0 aromatic heterocycles. The number of aromatic carboxylic acids is 1. The topological polar surface area (TPSA) is 74.2 Å². The van der Waals surface area contributed by atoms with E-state index < -0.39 is 5.97 Å². The molecule has 0 saturated carbocycles. The van der Waals surface area contributed by atoms with Crippen LogP contribution in [0.25, 0.3) is 0 Å². The third-order valence-electron chi connectivity index (χ3n) is 2.24. The number of methoxy groups -OCH3 is 3. The van der Waals surface area contributed by atoms with Crippen molar-refractivity contribution in [2.75, 3.05) is 34.5 Å². The van der Waals surface area contributed by atoms with E-state index in [2.05, 4.69) is 0 Å². The van der Waals surface area contributed by atoms with Crippen LogP contribution < -0.4 is 14.2 Å². The van der Waals surface area contributed by atoms with E-state index in [1.54, 1.807) is 7.11 Å². The quantitative estimate of drug-likeness (QED) is 0.744. The highest BCUT2D eigenvalue weighted by atomic mass is 16.6. The molecular formula is C12H16O6. The van der Waals surface area contributed by atoms with Crippen molar-refractivity contribution in [2.24, 2.45) is 0 Å². The highest BCUT2D eigenvalue weighted by Crippen LogP contribution is 2.38. The van der Waals surface area contributed by atoms with Crippen LogP contribution in [-0.2, 0) is 4.74 Å². The van der Waals surface area contributed by atoms with Crippen molar-refractivity contribution < 1.29 is 28.8 Å². The molecule has 1 rings (SSSR count). The van der Waals surface area contributed by atoms with Gasteiger partial charge in [-0.05, 0) is 12.1 Å². The summed E-state index contributed by atoms with van der Waals surface area (Å²) in [6, 6.07) is 2.76. The van der Waals surface area contributed by atoms with E-state index in [0.29, 0.717) is 30.5 Å². The summed E-state index contributed by atoms with van der Waals surface area (Å²) >= 11 is 0. The van der Waals surface area contributed by atoms with Crippen molar-refractivity contribution in [1.29, 1.82) is 0 Å². The van der Waals surface area contributed by atoms with Crippen LogP contribution in [0.2, 0.25) is 0 Å². The normalized spacial score (nSPS) is 9.94. The number of carboxylic acids is 1. The van der Waals surface area contributed by atoms with Gasteiger partial charge in [-0.1, -0.05) is 0 Å². The molecule has 0 amide bonds. The highest BCUT2D eigenvalue weighted by molar-refractivity contribution is 5.89. The van der Waals surface area contributed by atoms with E-state index in [4.69, 9.17) is 24.1 Å². The molecule has 0 aliphatic heterocycles. The zero-order valence-electron chi connectivity index (χ0n) is 10.6. The molecule has 18 heavy (non-hydrogen) atoms. The first-order valence-electron chi connectivity index (χ1n) is 5.25. The SMILES string of the molecule is COCCOc1c(OC)cc(C(=O)O)cc1OC. The summed E-state index contributed by atoms with van der Waals surface area (Å²) in [5.74, 6) is -0.0807. The maximum atomic E-state index is 10.9. The standard InChI is InChI=1S/C12H16O6/c1-15-4-5-18-11-9(16-2)6-8(12(13)14)7-10(11)17-3/h6-7H,4-5H2,1-3H3,(H,13,14). The minimum atomic E-state index is -1.06. The Balaban J connectivity index is 3.09. The average Bonchev–Trinajstić information content (AvgIpc) is 2.38. The van der Waals surface area contributed by atoms with Crippen molar-refractivity contribution in [3.8, 4) is 17.2 Å². The molecule has 0 aliphatic carbocycles. The van der Waals surface area contributed by atoms with Crippen LogP contribution in [0.3, 0.4) is 0 Å². The molecule has 0 aliphatic rings. The van der Waals surface area contributed by atoms with Gasteiger partial charge < -0.3 is 24.1 Å². The van der Waals surface area contributed by atoms with Gasteiger partial charge in [0, 0.05) is 7.11 Å². The van der Waals surface area contributed by atoms with Gasteiger partial charge in [0.2, 0.25) is 5.75 Å². The minimum absolute atomic E-state index is 0.0720. The van der Waals surface area contributed by atoms with Crippen molar-refractivity contribution in [3.63, 3.8) is 0 Å². The number of carbonyl (C=O) groups is 1. The summed E-state index contributed by atoms with van der Waals surface area (Å²) < 4.78 is 20.5. The molecule has 0 heterocycles. The van der Waals surface area contributed by atoms with Gasteiger partial charge in [0.15, 0.2) is 11.5 Å². The number of ether oxygens (including phenoxy) is 4. The molecule has 0 fully saturated rings. The second-order valence-electron chi connectivity index (χ2n) is 3.36.